The topological polar surface area (TPSA) is 9.23 Å². The average molecular weight is 276 g/mol. The molecule has 0 aliphatic rings. The van der Waals surface area contributed by atoms with Gasteiger partial charge in [0.2, 0.25) is 0 Å². The molecular formula is C20H20O. The normalized spacial score (nSPS) is 12.2. The van der Waals surface area contributed by atoms with Crippen molar-refractivity contribution >= 4 is 10.8 Å². The summed E-state index contributed by atoms with van der Waals surface area (Å²) < 4.78 is 6.01. The minimum absolute atomic E-state index is 0.515. The van der Waals surface area contributed by atoms with Gasteiger partial charge in [-0.2, -0.15) is 0 Å². The number of rotatable bonds is 5. The Morgan fingerprint density at radius 2 is 1.52 bits per heavy atom. The van der Waals surface area contributed by atoms with Crippen molar-refractivity contribution in [3.63, 3.8) is 0 Å². The first-order chi connectivity index (χ1) is 10.3. The van der Waals surface area contributed by atoms with E-state index in [4.69, 9.17) is 4.74 Å². The van der Waals surface area contributed by atoms with Crippen LogP contribution >= 0.6 is 0 Å². The third-order valence-corrected chi connectivity index (χ3v) is 3.93. The zero-order valence-electron chi connectivity index (χ0n) is 12.3. The maximum absolute atomic E-state index is 6.01. The fraction of sp³-hybridized carbons (Fsp3) is 0.200. The van der Waals surface area contributed by atoms with Crippen LogP contribution in [-0.4, -0.2) is 6.61 Å². The molecule has 0 aliphatic heterocycles. The summed E-state index contributed by atoms with van der Waals surface area (Å²) in [6.07, 6.45) is 1.02. The highest BCUT2D eigenvalue weighted by molar-refractivity contribution is 5.88. The molecule has 3 rings (SSSR count). The molecular weight excluding hydrogens is 256 g/mol. The molecule has 0 amide bonds. The number of ether oxygens (including phenoxy) is 1. The summed E-state index contributed by atoms with van der Waals surface area (Å²) in [5.74, 6) is 1.49. The summed E-state index contributed by atoms with van der Waals surface area (Å²) in [7, 11) is 0. The molecule has 3 aromatic rings. The summed E-state index contributed by atoms with van der Waals surface area (Å²) in [4.78, 5) is 0. The maximum atomic E-state index is 6.01. The van der Waals surface area contributed by atoms with Crippen molar-refractivity contribution in [1.82, 2.24) is 0 Å². The van der Waals surface area contributed by atoms with Crippen molar-refractivity contribution in [2.24, 2.45) is 0 Å². The lowest BCUT2D eigenvalue weighted by Gasteiger charge is -2.14. The van der Waals surface area contributed by atoms with Gasteiger partial charge >= 0.3 is 0 Å². The van der Waals surface area contributed by atoms with Gasteiger partial charge in [-0.15, -0.1) is 0 Å². The Morgan fingerprint density at radius 3 is 2.38 bits per heavy atom. The Labute approximate surface area is 126 Å². The Bertz CT molecular complexity index is 698. The van der Waals surface area contributed by atoms with Crippen molar-refractivity contribution in [2.45, 2.75) is 19.3 Å². The molecule has 1 nitrogen and oxygen atoms in total. The summed E-state index contributed by atoms with van der Waals surface area (Å²) in [5, 5.41) is 2.42. The van der Waals surface area contributed by atoms with E-state index in [0.29, 0.717) is 5.92 Å². The Balaban J connectivity index is 1.65. The first-order valence-corrected chi connectivity index (χ1v) is 7.50. The number of fused-ring (bicyclic) bond motifs is 1. The molecule has 0 saturated heterocycles. The van der Waals surface area contributed by atoms with E-state index < -0.39 is 0 Å². The summed E-state index contributed by atoms with van der Waals surface area (Å²) >= 11 is 0. The summed E-state index contributed by atoms with van der Waals surface area (Å²) in [5.41, 5.74) is 1.37. The van der Waals surface area contributed by atoms with E-state index in [-0.39, 0.29) is 0 Å². The third kappa shape index (κ3) is 3.25. The van der Waals surface area contributed by atoms with E-state index in [1.807, 2.05) is 0 Å². The number of hydrogen-bond acceptors (Lipinski definition) is 1. The third-order valence-electron chi connectivity index (χ3n) is 3.93. The van der Waals surface area contributed by atoms with Crippen LogP contribution in [0.4, 0.5) is 0 Å². The first-order valence-electron chi connectivity index (χ1n) is 7.50. The van der Waals surface area contributed by atoms with Crippen LogP contribution in [-0.2, 0) is 0 Å². The highest BCUT2D eigenvalue weighted by Crippen LogP contribution is 2.26. The molecule has 1 atom stereocenters. The minimum Gasteiger partial charge on any atom is -0.493 e. The molecule has 0 bridgehead atoms. The van der Waals surface area contributed by atoms with Crippen LogP contribution in [0.2, 0.25) is 0 Å². The Kier molecular flexibility index (Phi) is 4.20. The van der Waals surface area contributed by atoms with Crippen LogP contribution < -0.4 is 4.74 Å². The molecule has 0 aromatic heterocycles. The van der Waals surface area contributed by atoms with Gasteiger partial charge in [0, 0.05) is 5.39 Å². The Hall–Kier alpha value is -2.28. The van der Waals surface area contributed by atoms with Crippen LogP contribution in [0.3, 0.4) is 0 Å². The fourth-order valence-corrected chi connectivity index (χ4v) is 2.62. The average Bonchev–Trinajstić information content (AvgIpc) is 2.56. The van der Waals surface area contributed by atoms with E-state index in [1.165, 1.54) is 16.3 Å². The van der Waals surface area contributed by atoms with Crippen LogP contribution in [0.15, 0.2) is 72.8 Å². The van der Waals surface area contributed by atoms with Crippen LogP contribution in [0.25, 0.3) is 10.8 Å². The predicted octanol–water partition coefficient (Wildman–Crippen LogP) is 5.41. The molecule has 0 saturated carbocycles. The molecule has 0 aliphatic carbocycles. The van der Waals surface area contributed by atoms with Gasteiger partial charge in [0.25, 0.3) is 0 Å². The molecule has 0 spiro atoms. The van der Waals surface area contributed by atoms with Crippen LogP contribution in [0, 0.1) is 0 Å². The molecule has 0 radical (unpaired) electrons. The summed E-state index contributed by atoms with van der Waals surface area (Å²) in [6, 6.07) is 25.2. The maximum Gasteiger partial charge on any atom is 0.127 e. The van der Waals surface area contributed by atoms with Gasteiger partial charge in [-0.05, 0) is 29.4 Å². The van der Waals surface area contributed by atoms with Crippen molar-refractivity contribution in [3.05, 3.63) is 78.4 Å². The van der Waals surface area contributed by atoms with Gasteiger partial charge in [-0.3, -0.25) is 0 Å². The second-order valence-corrected chi connectivity index (χ2v) is 5.43. The van der Waals surface area contributed by atoms with Gasteiger partial charge in [0.15, 0.2) is 0 Å². The highest BCUT2D eigenvalue weighted by atomic mass is 16.5. The molecule has 3 aromatic carbocycles. The highest BCUT2D eigenvalue weighted by Gasteiger charge is 2.06. The number of benzene rings is 3. The van der Waals surface area contributed by atoms with Crippen molar-refractivity contribution in [3.8, 4) is 5.75 Å². The van der Waals surface area contributed by atoms with Gasteiger partial charge < -0.3 is 4.74 Å². The van der Waals surface area contributed by atoms with E-state index in [9.17, 15) is 0 Å². The monoisotopic (exact) mass is 276 g/mol. The second kappa shape index (κ2) is 6.45. The van der Waals surface area contributed by atoms with Gasteiger partial charge in [-0.25, -0.2) is 0 Å². The van der Waals surface area contributed by atoms with E-state index in [2.05, 4.69) is 79.7 Å². The molecule has 0 heterocycles. The van der Waals surface area contributed by atoms with Gasteiger partial charge in [0.1, 0.15) is 5.75 Å². The van der Waals surface area contributed by atoms with Gasteiger partial charge in [-0.1, -0.05) is 73.7 Å². The first kappa shape index (κ1) is 13.7. The van der Waals surface area contributed by atoms with Gasteiger partial charge in [0.05, 0.1) is 6.61 Å². The molecule has 1 heteroatoms. The molecule has 0 N–H and O–H groups in total. The van der Waals surface area contributed by atoms with E-state index in [1.54, 1.807) is 0 Å². The molecule has 106 valence electrons. The Morgan fingerprint density at radius 1 is 0.810 bits per heavy atom. The number of hydrogen-bond donors (Lipinski definition) is 0. The van der Waals surface area contributed by atoms with E-state index in [0.717, 1.165) is 18.8 Å². The van der Waals surface area contributed by atoms with Crippen molar-refractivity contribution in [2.75, 3.05) is 6.61 Å². The molecule has 21 heavy (non-hydrogen) atoms. The second-order valence-electron chi connectivity index (χ2n) is 5.43. The van der Waals surface area contributed by atoms with Crippen LogP contribution in [0.1, 0.15) is 24.8 Å². The lowest BCUT2D eigenvalue weighted by molar-refractivity contribution is 0.304. The zero-order valence-corrected chi connectivity index (χ0v) is 12.3. The van der Waals surface area contributed by atoms with E-state index >= 15 is 0 Å². The zero-order chi connectivity index (χ0) is 14.5. The molecule has 0 fully saturated rings. The SMILES string of the molecule is C[C@@H](CCOc1cccc2ccccc12)c1ccccc1. The van der Waals surface area contributed by atoms with Crippen molar-refractivity contribution in [1.29, 1.82) is 0 Å². The quantitative estimate of drug-likeness (QED) is 0.605. The van der Waals surface area contributed by atoms with Crippen molar-refractivity contribution < 1.29 is 4.74 Å². The lowest BCUT2D eigenvalue weighted by Crippen LogP contribution is -2.03. The van der Waals surface area contributed by atoms with Crippen LogP contribution in [0.5, 0.6) is 5.75 Å². The summed E-state index contributed by atoms with van der Waals surface area (Å²) in [6.45, 7) is 2.99. The fourth-order valence-electron chi connectivity index (χ4n) is 2.62. The smallest absolute Gasteiger partial charge is 0.127 e. The predicted molar refractivity (Wildman–Crippen MR) is 88.9 cm³/mol. The standard InChI is InChI=1S/C20H20O/c1-16(17-8-3-2-4-9-17)14-15-21-20-13-7-11-18-10-5-6-12-19(18)20/h2-13,16H,14-15H2,1H3/t16-/m0/s1. The largest absolute Gasteiger partial charge is 0.493 e. The lowest BCUT2D eigenvalue weighted by atomic mass is 9.98. The molecule has 0 unspecified atom stereocenters. The minimum atomic E-state index is 0.515.